The molecule has 0 saturated carbocycles. The van der Waals surface area contributed by atoms with Gasteiger partial charge in [-0.15, -0.1) is 0 Å². The lowest BCUT2D eigenvalue weighted by atomic mass is 10.0. The fraction of sp³-hybridized carbons (Fsp3) is 0.263. The van der Waals surface area contributed by atoms with Crippen molar-refractivity contribution in [2.24, 2.45) is 0 Å². The number of nitro groups is 1. The second-order valence-electron chi connectivity index (χ2n) is 6.18. The van der Waals surface area contributed by atoms with Crippen LogP contribution in [0.1, 0.15) is 24.1 Å². The lowest BCUT2D eigenvalue weighted by Gasteiger charge is -2.22. The third kappa shape index (κ3) is 3.87. The summed E-state index contributed by atoms with van der Waals surface area (Å²) in [5, 5.41) is 25.1. The topological polar surface area (TPSA) is 91.2 Å². The van der Waals surface area contributed by atoms with Crippen molar-refractivity contribution < 1.29 is 10.0 Å². The number of non-ortho nitro benzene ring substituents is 1. The van der Waals surface area contributed by atoms with Crippen LogP contribution in [0, 0.1) is 10.1 Å². The molecular weight excluding hydrogens is 318 g/mol. The van der Waals surface area contributed by atoms with Crippen LogP contribution >= 0.6 is 0 Å². The second kappa shape index (κ2) is 7.46. The van der Waals surface area contributed by atoms with Crippen LogP contribution in [0.3, 0.4) is 0 Å². The fourth-order valence-electron chi connectivity index (χ4n) is 3.08. The van der Waals surface area contributed by atoms with Gasteiger partial charge in [0, 0.05) is 41.3 Å². The van der Waals surface area contributed by atoms with Crippen molar-refractivity contribution in [2.45, 2.75) is 25.4 Å². The van der Waals surface area contributed by atoms with Crippen LogP contribution in [0.4, 0.5) is 5.69 Å². The summed E-state index contributed by atoms with van der Waals surface area (Å²) in [6.45, 7) is 2.00. The first kappa shape index (κ1) is 17.1. The molecule has 0 spiro atoms. The Bertz CT molecular complexity index is 858. The smallest absolute Gasteiger partial charge is 0.269 e. The second-order valence-corrected chi connectivity index (χ2v) is 6.18. The van der Waals surface area contributed by atoms with Gasteiger partial charge in [-0.25, -0.2) is 0 Å². The molecule has 0 aliphatic heterocycles. The molecule has 1 heterocycles. The predicted molar refractivity (Wildman–Crippen MR) is 97.5 cm³/mol. The van der Waals surface area contributed by atoms with E-state index in [4.69, 9.17) is 0 Å². The normalized spacial score (nSPS) is 13.7. The number of nitrogens with zero attached hydrogens (tertiary/aromatic N) is 1. The number of nitrogens with one attached hydrogen (secondary N) is 2. The van der Waals surface area contributed by atoms with Gasteiger partial charge in [-0.05, 0) is 30.5 Å². The average Bonchev–Trinajstić information content (AvgIpc) is 3.04. The minimum absolute atomic E-state index is 0.0107. The van der Waals surface area contributed by atoms with E-state index >= 15 is 0 Å². The standard InChI is InChI=1S/C19H21N3O3/c1-13(14-6-8-17(9-7-14)22(24)25)21-16(12-23)10-15-11-20-19-5-3-2-4-18(15)19/h2-9,11,13,16,20-21,23H,10,12H2,1H3/t13-,16-/m1/s1. The Hall–Kier alpha value is -2.70. The molecule has 6 nitrogen and oxygen atoms in total. The molecule has 2 atom stereocenters. The van der Waals surface area contributed by atoms with Gasteiger partial charge >= 0.3 is 0 Å². The van der Waals surface area contributed by atoms with Gasteiger partial charge in [0.05, 0.1) is 11.5 Å². The average molecular weight is 339 g/mol. The minimum atomic E-state index is -0.407. The van der Waals surface area contributed by atoms with E-state index in [0.717, 1.165) is 22.0 Å². The summed E-state index contributed by atoms with van der Waals surface area (Å²) in [4.78, 5) is 13.6. The molecule has 3 aromatic rings. The van der Waals surface area contributed by atoms with E-state index in [1.54, 1.807) is 12.1 Å². The Morgan fingerprint density at radius 3 is 2.60 bits per heavy atom. The molecule has 3 N–H and O–H groups in total. The van der Waals surface area contributed by atoms with Crippen molar-refractivity contribution in [3.8, 4) is 0 Å². The van der Waals surface area contributed by atoms with Crippen molar-refractivity contribution in [3.05, 3.63) is 76.0 Å². The number of benzene rings is 2. The Balaban J connectivity index is 1.70. The lowest BCUT2D eigenvalue weighted by molar-refractivity contribution is -0.384. The zero-order chi connectivity index (χ0) is 17.8. The van der Waals surface area contributed by atoms with Crippen molar-refractivity contribution in [2.75, 3.05) is 6.61 Å². The van der Waals surface area contributed by atoms with Gasteiger partial charge in [-0.3, -0.25) is 10.1 Å². The highest BCUT2D eigenvalue weighted by Crippen LogP contribution is 2.21. The summed E-state index contributed by atoms with van der Waals surface area (Å²) < 4.78 is 0. The fourth-order valence-corrected chi connectivity index (χ4v) is 3.08. The van der Waals surface area contributed by atoms with E-state index in [2.05, 4.69) is 16.4 Å². The number of rotatable bonds is 7. The molecule has 0 fully saturated rings. The number of hydrogen-bond acceptors (Lipinski definition) is 4. The molecule has 3 rings (SSSR count). The van der Waals surface area contributed by atoms with Gasteiger partial charge in [0.1, 0.15) is 0 Å². The van der Waals surface area contributed by atoms with Crippen molar-refractivity contribution >= 4 is 16.6 Å². The van der Waals surface area contributed by atoms with Crippen LogP contribution < -0.4 is 5.32 Å². The zero-order valence-corrected chi connectivity index (χ0v) is 14.0. The van der Waals surface area contributed by atoms with E-state index in [0.29, 0.717) is 6.42 Å². The maximum Gasteiger partial charge on any atom is 0.269 e. The highest BCUT2D eigenvalue weighted by atomic mass is 16.6. The number of fused-ring (bicyclic) bond motifs is 1. The van der Waals surface area contributed by atoms with Crippen LogP contribution in [-0.2, 0) is 6.42 Å². The number of hydrogen-bond donors (Lipinski definition) is 3. The van der Waals surface area contributed by atoms with E-state index < -0.39 is 4.92 Å². The summed E-state index contributed by atoms with van der Waals surface area (Å²) in [6, 6.07) is 14.4. The van der Waals surface area contributed by atoms with Gasteiger partial charge in [0.2, 0.25) is 0 Å². The Labute approximate surface area is 145 Å². The number of nitro benzene ring substituents is 1. The highest BCUT2D eigenvalue weighted by molar-refractivity contribution is 5.83. The first-order chi connectivity index (χ1) is 12.1. The number of para-hydroxylation sites is 1. The molecular formula is C19H21N3O3. The van der Waals surface area contributed by atoms with E-state index in [9.17, 15) is 15.2 Å². The Morgan fingerprint density at radius 2 is 1.92 bits per heavy atom. The van der Waals surface area contributed by atoms with Gasteiger partial charge in [0.15, 0.2) is 0 Å². The quantitative estimate of drug-likeness (QED) is 0.455. The van der Waals surface area contributed by atoms with Crippen molar-refractivity contribution in [1.82, 2.24) is 10.3 Å². The minimum Gasteiger partial charge on any atom is -0.395 e. The maximum absolute atomic E-state index is 10.7. The van der Waals surface area contributed by atoms with Crippen LogP contribution in [-0.4, -0.2) is 27.7 Å². The summed E-state index contributed by atoms with van der Waals surface area (Å²) in [5.74, 6) is 0. The Kier molecular flexibility index (Phi) is 5.11. The Morgan fingerprint density at radius 1 is 1.20 bits per heavy atom. The molecule has 0 amide bonds. The number of aromatic amines is 1. The van der Waals surface area contributed by atoms with Crippen LogP contribution in [0.5, 0.6) is 0 Å². The highest BCUT2D eigenvalue weighted by Gasteiger charge is 2.16. The number of aliphatic hydroxyl groups is 1. The van der Waals surface area contributed by atoms with Crippen LogP contribution in [0.15, 0.2) is 54.7 Å². The molecule has 0 unspecified atom stereocenters. The summed E-state index contributed by atoms with van der Waals surface area (Å²) in [6.07, 6.45) is 2.67. The first-order valence-electron chi connectivity index (χ1n) is 8.24. The summed E-state index contributed by atoms with van der Waals surface area (Å²) >= 11 is 0. The zero-order valence-electron chi connectivity index (χ0n) is 14.0. The molecule has 2 aromatic carbocycles. The monoisotopic (exact) mass is 339 g/mol. The van der Waals surface area contributed by atoms with Crippen molar-refractivity contribution in [3.63, 3.8) is 0 Å². The van der Waals surface area contributed by atoms with Crippen molar-refractivity contribution in [1.29, 1.82) is 0 Å². The molecule has 0 aliphatic rings. The number of aliphatic hydroxyl groups excluding tert-OH is 1. The van der Waals surface area contributed by atoms with Gasteiger partial charge < -0.3 is 15.4 Å². The number of aromatic nitrogens is 1. The molecule has 130 valence electrons. The molecule has 0 saturated heterocycles. The van der Waals surface area contributed by atoms with Gasteiger partial charge in [-0.1, -0.05) is 30.3 Å². The predicted octanol–water partition coefficient (Wildman–Crippen LogP) is 3.33. The summed E-state index contributed by atoms with van der Waals surface area (Å²) in [5.41, 5.74) is 3.26. The molecule has 1 aromatic heterocycles. The lowest BCUT2D eigenvalue weighted by Crippen LogP contribution is -2.36. The summed E-state index contributed by atoms with van der Waals surface area (Å²) in [7, 11) is 0. The molecule has 25 heavy (non-hydrogen) atoms. The molecule has 0 bridgehead atoms. The van der Waals surface area contributed by atoms with E-state index in [-0.39, 0.29) is 24.4 Å². The van der Waals surface area contributed by atoms with E-state index in [1.807, 2.05) is 31.3 Å². The van der Waals surface area contributed by atoms with Gasteiger partial charge in [-0.2, -0.15) is 0 Å². The largest absolute Gasteiger partial charge is 0.395 e. The first-order valence-corrected chi connectivity index (χ1v) is 8.24. The molecule has 0 aliphatic carbocycles. The van der Waals surface area contributed by atoms with E-state index in [1.165, 1.54) is 12.1 Å². The third-order valence-electron chi connectivity index (χ3n) is 4.45. The molecule has 6 heteroatoms. The van der Waals surface area contributed by atoms with Gasteiger partial charge in [0.25, 0.3) is 5.69 Å². The maximum atomic E-state index is 10.7. The SMILES string of the molecule is C[C@@H](N[C@@H](CO)Cc1c[nH]c2ccccc12)c1ccc([N+](=O)[O-])cc1. The number of H-pyrrole nitrogens is 1. The molecule has 0 radical (unpaired) electrons. The van der Waals surface area contributed by atoms with Crippen LogP contribution in [0.2, 0.25) is 0 Å². The van der Waals surface area contributed by atoms with Crippen LogP contribution in [0.25, 0.3) is 10.9 Å². The third-order valence-corrected chi connectivity index (χ3v) is 4.45.